The first-order valence-electron chi connectivity index (χ1n) is 5.41. The summed E-state index contributed by atoms with van der Waals surface area (Å²) < 4.78 is 0. The number of rotatable bonds is 4. The number of hydrogen-bond donors (Lipinski definition) is 2. The van der Waals surface area contributed by atoms with Crippen LogP contribution in [-0.2, 0) is 11.2 Å². The summed E-state index contributed by atoms with van der Waals surface area (Å²) in [6, 6.07) is 7.94. The second kappa shape index (κ2) is 5.86. The first-order chi connectivity index (χ1) is 9.06. The van der Waals surface area contributed by atoms with Gasteiger partial charge in [0.2, 0.25) is 5.91 Å². The van der Waals surface area contributed by atoms with Crippen molar-refractivity contribution in [1.82, 2.24) is 0 Å². The van der Waals surface area contributed by atoms with E-state index in [9.17, 15) is 9.59 Å². The van der Waals surface area contributed by atoms with E-state index in [1.165, 1.54) is 29.5 Å². The molecule has 1 amide bonds. The van der Waals surface area contributed by atoms with Crippen molar-refractivity contribution in [3.63, 3.8) is 0 Å². The molecule has 1 aromatic carbocycles. The molecule has 4 nitrogen and oxygen atoms in total. The first-order valence-corrected chi connectivity index (χ1v) is 6.67. The molecule has 2 N–H and O–H groups in total. The summed E-state index contributed by atoms with van der Waals surface area (Å²) in [5.74, 6) is -1.24. The Bertz CT molecular complexity index is 610. The fourth-order valence-corrected chi connectivity index (χ4v) is 2.45. The van der Waals surface area contributed by atoms with Crippen LogP contribution in [0, 0.1) is 0 Å². The molecule has 0 spiro atoms. The Morgan fingerprint density at radius 3 is 2.68 bits per heavy atom. The van der Waals surface area contributed by atoms with Gasteiger partial charge in [0.25, 0.3) is 0 Å². The number of nitrogens with one attached hydrogen (secondary N) is 1. The van der Waals surface area contributed by atoms with Gasteiger partial charge in [-0.1, -0.05) is 17.7 Å². The molecule has 0 radical (unpaired) electrons. The number of carbonyl (C=O) groups is 2. The number of halogens is 1. The molecule has 6 heteroatoms. The van der Waals surface area contributed by atoms with Gasteiger partial charge in [0, 0.05) is 4.88 Å². The fraction of sp³-hybridized carbons (Fsp3) is 0.0769. The third kappa shape index (κ3) is 3.56. The summed E-state index contributed by atoms with van der Waals surface area (Å²) in [7, 11) is 0. The highest BCUT2D eigenvalue weighted by Gasteiger charge is 2.10. The zero-order valence-corrected chi connectivity index (χ0v) is 11.3. The van der Waals surface area contributed by atoms with Gasteiger partial charge in [-0.05, 0) is 29.6 Å². The predicted octanol–water partition coefficient (Wildman–Crippen LogP) is 3.28. The van der Waals surface area contributed by atoms with Crippen molar-refractivity contribution in [3.8, 4) is 0 Å². The lowest BCUT2D eigenvalue weighted by atomic mass is 10.2. The van der Waals surface area contributed by atoms with E-state index in [0.29, 0.717) is 5.69 Å². The molecule has 2 aromatic rings. The summed E-state index contributed by atoms with van der Waals surface area (Å²) in [6.45, 7) is 0. The highest BCUT2D eigenvalue weighted by molar-refractivity contribution is 7.10. The molecular weight excluding hydrogens is 286 g/mol. The maximum atomic E-state index is 11.8. The van der Waals surface area contributed by atoms with Crippen molar-refractivity contribution in [3.05, 3.63) is 51.2 Å². The van der Waals surface area contributed by atoms with E-state index >= 15 is 0 Å². The van der Waals surface area contributed by atoms with E-state index < -0.39 is 5.97 Å². The van der Waals surface area contributed by atoms with E-state index in [2.05, 4.69) is 5.32 Å². The summed E-state index contributed by atoms with van der Waals surface area (Å²) in [4.78, 5) is 23.5. The molecule has 1 heterocycles. The van der Waals surface area contributed by atoms with Crippen LogP contribution in [0.4, 0.5) is 5.69 Å². The molecule has 0 aliphatic heterocycles. The van der Waals surface area contributed by atoms with E-state index in [-0.39, 0.29) is 22.9 Å². The quantitative estimate of drug-likeness (QED) is 0.909. The molecule has 0 aliphatic rings. The number of carboxylic acids is 1. The van der Waals surface area contributed by atoms with Gasteiger partial charge in [-0.2, -0.15) is 0 Å². The van der Waals surface area contributed by atoms with Gasteiger partial charge >= 0.3 is 5.97 Å². The highest BCUT2D eigenvalue weighted by Crippen LogP contribution is 2.23. The van der Waals surface area contributed by atoms with E-state index in [4.69, 9.17) is 16.7 Å². The second-order valence-electron chi connectivity index (χ2n) is 3.80. The van der Waals surface area contributed by atoms with Crippen LogP contribution in [0.25, 0.3) is 0 Å². The van der Waals surface area contributed by atoms with E-state index in [0.717, 1.165) is 4.88 Å². The van der Waals surface area contributed by atoms with Crippen LogP contribution in [0.5, 0.6) is 0 Å². The topological polar surface area (TPSA) is 66.4 Å². The van der Waals surface area contributed by atoms with Gasteiger partial charge in [-0.15, -0.1) is 11.3 Å². The molecule has 19 heavy (non-hydrogen) atoms. The number of amides is 1. The van der Waals surface area contributed by atoms with Gasteiger partial charge < -0.3 is 10.4 Å². The second-order valence-corrected chi connectivity index (χ2v) is 5.24. The van der Waals surface area contributed by atoms with Crippen molar-refractivity contribution < 1.29 is 14.7 Å². The van der Waals surface area contributed by atoms with Crippen LogP contribution >= 0.6 is 22.9 Å². The lowest BCUT2D eigenvalue weighted by Crippen LogP contribution is -2.14. The Kier molecular flexibility index (Phi) is 4.19. The fourth-order valence-electron chi connectivity index (χ4n) is 1.52. The minimum Gasteiger partial charge on any atom is -0.478 e. The Labute approximate surface area is 118 Å². The van der Waals surface area contributed by atoms with Crippen LogP contribution < -0.4 is 5.32 Å². The lowest BCUT2D eigenvalue weighted by Gasteiger charge is -2.07. The number of carbonyl (C=O) groups excluding carboxylic acids is 1. The molecule has 0 saturated heterocycles. The van der Waals surface area contributed by atoms with E-state index in [1.54, 1.807) is 0 Å². The number of benzene rings is 1. The zero-order valence-electron chi connectivity index (χ0n) is 9.72. The molecule has 2 rings (SSSR count). The highest BCUT2D eigenvalue weighted by atomic mass is 35.5. The molecule has 0 unspecified atom stereocenters. The van der Waals surface area contributed by atoms with Crippen LogP contribution in [0.1, 0.15) is 15.2 Å². The average Bonchev–Trinajstić information content (AvgIpc) is 2.84. The van der Waals surface area contributed by atoms with Crippen molar-refractivity contribution in [2.45, 2.75) is 6.42 Å². The van der Waals surface area contributed by atoms with Gasteiger partial charge in [0.15, 0.2) is 0 Å². The van der Waals surface area contributed by atoms with Crippen molar-refractivity contribution >= 4 is 40.5 Å². The summed E-state index contributed by atoms with van der Waals surface area (Å²) in [5, 5.41) is 13.6. The first kappa shape index (κ1) is 13.6. The molecule has 0 aliphatic carbocycles. The maximum absolute atomic E-state index is 11.8. The van der Waals surface area contributed by atoms with Crippen molar-refractivity contribution in [2.24, 2.45) is 0 Å². The maximum Gasteiger partial charge on any atom is 0.335 e. The normalized spacial score (nSPS) is 10.2. The standard InChI is InChI=1S/C13H10ClNO3S/c14-10-6-8(13(17)18)3-4-11(10)15-12(16)7-9-2-1-5-19-9/h1-6H,7H2,(H,15,16)(H,17,18). The number of anilines is 1. The Balaban J connectivity index is 2.07. The van der Waals surface area contributed by atoms with E-state index in [1.807, 2.05) is 17.5 Å². The molecule has 0 atom stereocenters. The smallest absolute Gasteiger partial charge is 0.335 e. The predicted molar refractivity (Wildman–Crippen MR) is 75.1 cm³/mol. The molecular formula is C13H10ClNO3S. The molecule has 0 fully saturated rings. The number of carboxylic acid groups (broad SMARTS) is 1. The third-order valence-electron chi connectivity index (χ3n) is 2.41. The van der Waals surface area contributed by atoms with Gasteiger partial charge in [-0.25, -0.2) is 4.79 Å². The number of hydrogen-bond acceptors (Lipinski definition) is 3. The Morgan fingerprint density at radius 1 is 1.32 bits per heavy atom. The molecule has 1 aromatic heterocycles. The van der Waals surface area contributed by atoms with Crippen molar-refractivity contribution in [1.29, 1.82) is 0 Å². The lowest BCUT2D eigenvalue weighted by molar-refractivity contribution is -0.115. The van der Waals surface area contributed by atoms with Crippen LogP contribution in [-0.4, -0.2) is 17.0 Å². The van der Waals surface area contributed by atoms with Crippen LogP contribution in [0.15, 0.2) is 35.7 Å². The summed E-state index contributed by atoms with van der Waals surface area (Å²) in [5.41, 5.74) is 0.495. The summed E-state index contributed by atoms with van der Waals surface area (Å²) in [6.07, 6.45) is 0.272. The van der Waals surface area contributed by atoms with Gasteiger partial charge in [-0.3, -0.25) is 4.79 Å². The number of thiophene rings is 1. The zero-order chi connectivity index (χ0) is 13.8. The average molecular weight is 296 g/mol. The Hall–Kier alpha value is -1.85. The molecule has 98 valence electrons. The van der Waals surface area contributed by atoms with Gasteiger partial charge in [0.05, 0.1) is 22.7 Å². The van der Waals surface area contributed by atoms with Gasteiger partial charge in [0.1, 0.15) is 0 Å². The largest absolute Gasteiger partial charge is 0.478 e. The molecule has 0 bridgehead atoms. The molecule has 0 saturated carbocycles. The van der Waals surface area contributed by atoms with Crippen molar-refractivity contribution in [2.75, 3.05) is 5.32 Å². The Morgan fingerprint density at radius 2 is 2.11 bits per heavy atom. The third-order valence-corrected chi connectivity index (χ3v) is 3.59. The monoisotopic (exact) mass is 295 g/mol. The van der Waals surface area contributed by atoms with Crippen LogP contribution in [0.2, 0.25) is 5.02 Å². The summed E-state index contributed by atoms with van der Waals surface area (Å²) >= 11 is 7.42. The number of aromatic carboxylic acids is 1. The minimum absolute atomic E-state index is 0.0845. The van der Waals surface area contributed by atoms with Crippen LogP contribution in [0.3, 0.4) is 0 Å². The minimum atomic E-state index is -1.06. The SMILES string of the molecule is O=C(Cc1cccs1)Nc1ccc(C(=O)O)cc1Cl.